The number of nitrogens with zero attached hydrogens (tertiary/aromatic N) is 1. The van der Waals surface area contributed by atoms with Gasteiger partial charge < -0.3 is 10.1 Å². The maximum Gasteiger partial charge on any atom is 0.264 e. The zero-order chi connectivity index (χ0) is 20.1. The van der Waals surface area contributed by atoms with Gasteiger partial charge in [0.25, 0.3) is 10.0 Å². The molecule has 1 atom stereocenters. The van der Waals surface area contributed by atoms with Crippen molar-refractivity contribution in [2.24, 2.45) is 0 Å². The van der Waals surface area contributed by atoms with Crippen molar-refractivity contribution >= 4 is 44.8 Å². The van der Waals surface area contributed by atoms with Crippen molar-refractivity contribution in [3.8, 4) is 0 Å². The summed E-state index contributed by atoms with van der Waals surface area (Å²) >= 11 is 12.2. The van der Waals surface area contributed by atoms with Gasteiger partial charge >= 0.3 is 0 Å². The first-order valence-corrected chi connectivity index (χ1v) is 11.0. The van der Waals surface area contributed by atoms with Crippen LogP contribution in [0.5, 0.6) is 0 Å². The van der Waals surface area contributed by atoms with Crippen LogP contribution in [0, 0.1) is 0 Å². The van der Waals surface area contributed by atoms with Crippen LogP contribution >= 0.6 is 23.2 Å². The lowest BCUT2D eigenvalue weighted by Gasteiger charge is -2.25. The van der Waals surface area contributed by atoms with Gasteiger partial charge in [0.2, 0.25) is 5.91 Å². The van der Waals surface area contributed by atoms with Gasteiger partial charge in [-0.05, 0) is 43.2 Å². The van der Waals surface area contributed by atoms with E-state index in [4.69, 9.17) is 27.9 Å². The van der Waals surface area contributed by atoms with Crippen LogP contribution in [0.25, 0.3) is 0 Å². The molecule has 0 saturated carbocycles. The minimum Gasteiger partial charge on any atom is -0.376 e. The van der Waals surface area contributed by atoms with Gasteiger partial charge in [0.05, 0.1) is 21.7 Å². The summed E-state index contributed by atoms with van der Waals surface area (Å²) in [7, 11) is -4.01. The van der Waals surface area contributed by atoms with Crippen LogP contribution < -0.4 is 9.62 Å². The Morgan fingerprint density at radius 2 is 1.93 bits per heavy atom. The fraction of sp³-hybridized carbons (Fsp3) is 0.316. The second kappa shape index (κ2) is 9.13. The second-order valence-electron chi connectivity index (χ2n) is 6.36. The number of halogens is 2. The smallest absolute Gasteiger partial charge is 0.264 e. The lowest BCUT2D eigenvalue weighted by atomic mass is 10.2. The van der Waals surface area contributed by atoms with Crippen LogP contribution in [-0.4, -0.2) is 40.1 Å². The zero-order valence-electron chi connectivity index (χ0n) is 15.0. The predicted octanol–water partition coefficient (Wildman–Crippen LogP) is 3.48. The van der Waals surface area contributed by atoms with Gasteiger partial charge in [0.1, 0.15) is 6.54 Å². The van der Waals surface area contributed by atoms with Gasteiger partial charge in [-0.3, -0.25) is 9.10 Å². The molecule has 1 amide bonds. The molecule has 1 heterocycles. The molecular weight excluding hydrogens is 423 g/mol. The van der Waals surface area contributed by atoms with Crippen LogP contribution in [-0.2, 0) is 19.6 Å². The monoisotopic (exact) mass is 442 g/mol. The molecular formula is C19H20Cl2N2O4S. The molecule has 0 radical (unpaired) electrons. The Morgan fingerprint density at radius 3 is 2.57 bits per heavy atom. The Labute approximate surface area is 174 Å². The molecule has 2 aromatic carbocycles. The molecule has 1 N–H and O–H groups in total. The normalized spacial score (nSPS) is 16.7. The summed E-state index contributed by atoms with van der Waals surface area (Å²) in [5.41, 5.74) is 0.183. The fourth-order valence-electron chi connectivity index (χ4n) is 2.92. The van der Waals surface area contributed by atoms with Crippen LogP contribution in [0.3, 0.4) is 0 Å². The molecule has 1 fully saturated rings. The van der Waals surface area contributed by atoms with Gasteiger partial charge in [0.15, 0.2) is 0 Å². The Bertz CT molecular complexity index is 932. The number of amides is 1. The van der Waals surface area contributed by atoms with E-state index in [0.717, 1.165) is 17.1 Å². The number of sulfonamides is 1. The van der Waals surface area contributed by atoms with E-state index >= 15 is 0 Å². The van der Waals surface area contributed by atoms with Crippen molar-refractivity contribution in [2.45, 2.75) is 23.8 Å². The number of ether oxygens (including phenoxy) is 1. The van der Waals surface area contributed by atoms with Gasteiger partial charge in [-0.2, -0.15) is 0 Å². The minimum absolute atomic E-state index is 0.0396. The van der Waals surface area contributed by atoms with Crippen molar-refractivity contribution in [1.29, 1.82) is 0 Å². The highest BCUT2D eigenvalue weighted by Crippen LogP contribution is 2.32. The summed E-state index contributed by atoms with van der Waals surface area (Å²) < 4.78 is 32.9. The molecule has 6 nitrogen and oxygen atoms in total. The summed E-state index contributed by atoms with van der Waals surface area (Å²) in [6.07, 6.45) is 1.78. The topological polar surface area (TPSA) is 75.7 Å². The summed E-state index contributed by atoms with van der Waals surface area (Å²) in [4.78, 5) is 12.6. The first kappa shape index (κ1) is 20.9. The molecule has 1 aliphatic heterocycles. The number of rotatable bonds is 7. The molecule has 3 rings (SSSR count). The van der Waals surface area contributed by atoms with Crippen LogP contribution in [0.1, 0.15) is 12.8 Å². The highest BCUT2D eigenvalue weighted by atomic mass is 35.5. The first-order chi connectivity index (χ1) is 13.4. The van der Waals surface area contributed by atoms with Crippen molar-refractivity contribution in [1.82, 2.24) is 5.32 Å². The van der Waals surface area contributed by atoms with Crippen molar-refractivity contribution < 1.29 is 17.9 Å². The molecule has 0 bridgehead atoms. The van der Waals surface area contributed by atoms with E-state index in [1.54, 1.807) is 18.2 Å². The predicted molar refractivity (Wildman–Crippen MR) is 109 cm³/mol. The number of hydrogen-bond acceptors (Lipinski definition) is 4. The second-order valence-corrected chi connectivity index (χ2v) is 9.07. The molecule has 1 aliphatic rings. The average Bonchev–Trinajstić information content (AvgIpc) is 3.19. The summed E-state index contributed by atoms with van der Waals surface area (Å²) in [6.45, 7) is 0.604. The quantitative estimate of drug-likeness (QED) is 0.711. The molecule has 0 aromatic heterocycles. The van der Waals surface area contributed by atoms with Crippen LogP contribution in [0.15, 0.2) is 53.4 Å². The van der Waals surface area contributed by atoms with Gasteiger partial charge in [-0.15, -0.1) is 0 Å². The number of carbonyl (C=O) groups is 1. The first-order valence-electron chi connectivity index (χ1n) is 8.79. The Morgan fingerprint density at radius 1 is 1.18 bits per heavy atom. The van der Waals surface area contributed by atoms with Crippen molar-refractivity contribution in [3.63, 3.8) is 0 Å². The summed E-state index contributed by atoms with van der Waals surface area (Å²) in [6, 6.07) is 12.3. The molecule has 0 aliphatic carbocycles. The number of carbonyl (C=O) groups excluding carboxylic acids is 1. The average molecular weight is 443 g/mol. The SMILES string of the molecule is O=C(CN(c1ccc(Cl)cc1Cl)S(=O)(=O)c1ccccc1)NC[C@@H]1CCCO1. The third kappa shape index (κ3) is 4.97. The van der Waals surface area contributed by atoms with Gasteiger partial charge in [-0.1, -0.05) is 41.4 Å². The highest BCUT2D eigenvalue weighted by Gasteiger charge is 2.29. The zero-order valence-corrected chi connectivity index (χ0v) is 17.3. The Balaban J connectivity index is 1.87. The summed E-state index contributed by atoms with van der Waals surface area (Å²) in [5.74, 6) is -0.443. The van der Waals surface area contributed by atoms with Crippen molar-refractivity contribution in [3.05, 3.63) is 58.6 Å². The third-order valence-electron chi connectivity index (χ3n) is 4.35. The lowest BCUT2D eigenvalue weighted by Crippen LogP contribution is -2.43. The minimum atomic E-state index is -4.01. The summed E-state index contributed by atoms with van der Waals surface area (Å²) in [5, 5.41) is 3.25. The number of anilines is 1. The van der Waals surface area contributed by atoms with Crippen LogP contribution in [0.2, 0.25) is 10.0 Å². The molecule has 2 aromatic rings. The standard InChI is InChI=1S/C19H20Cl2N2O4S/c20-14-8-9-18(17(21)11-14)23(28(25,26)16-6-2-1-3-7-16)13-19(24)22-12-15-5-4-10-27-15/h1-3,6-9,11,15H,4-5,10,12-13H2,(H,22,24)/t15-/m0/s1. The lowest BCUT2D eigenvalue weighted by molar-refractivity contribution is -0.120. The van der Waals surface area contributed by atoms with E-state index < -0.39 is 22.5 Å². The largest absolute Gasteiger partial charge is 0.376 e. The molecule has 0 unspecified atom stereocenters. The van der Waals surface area contributed by atoms with E-state index in [-0.39, 0.29) is 21.7 Å². The Hall–Kier alpha value is -1.80. The van der Waals surface area contributed by atoms with E-state index in [0.29, 0.717) is 18.2 Å². The maximum atomic E-state index is 13.2. The Kier molecular flexibility index (Phi) is 6.82. The van der Waals surface area contributed by atoms with Gasteiger partial charge in [-0.25, -0.2) is 8.42 Å². The van der Waals surface area contributed by atoms with E-state index in [9.17, 15) is 13.2 Å². The molecule has 1 saturated heterocycles. The molecule has 150 valence electrons. The number of nitrogens with one attached hydrogen (secondary N) is 1. The van der Waals surface area contributed by atoms with Crippen molar-refractivity contribution in [2.75, 3.05) is 24.0 Å². The van der Waals surface area contributed by atoms with E-state index in [2.05, 4.69) is 5.32 Å². The third-order valence-corrected chi connectivity index (χ3v) is 6.66. The highest BCUT2D eigenvalue weighted by molar-refractivity contribution is 7.92. The molecule has 9 heteroatoms. The molecule has 28 heavy (non-hydrogen) atoms. The number of hydrogen-bond donors (Lipinski definition) is 1. The van der Waals surface area contributed by atoms with E-state index in [1.165, 1.54) is 30.3 Å². The van der Waals surface area contributed by atoms with E-state index in [1.807, 2.05) is 0 Å². The van der Waals surface area contributed by atoms with Crippen LogP contribution in [0.4, 0.5) is 5.69 Å². The molecule has 0 spiro atoms. The van der Waals surface area contributed by atoms with Gasteiger partial charge in [0, 0.05) is 18.2 Å². The fourth-order valence-corrected chi connectivity index (χ4v) is 4.94. The number of benzene rings is 2. The maximum absolute atomic E-state index is 13.2.